The van der Waals surface area contributed by atoms with Gasteiger partial charge in [0.05, 0.1) is 16.3 Å². The lowest BCUT2D eigenvalue weighted by atomic mass is 10.1. The number of hydrogen-bond donors (Lipinski definition) is 2. The maximum absolute atomic E-state index is 13.4. The highest BCUT2D eigenvalue weighted by Gasteiger charge is 2.27. The third-order valence-corrected chi connectivity index (χ3v) is 8.77. The largest absolute Gasteiger partial charge is 0.354 e. The zero-order valence-electron chi connectivity index (χ0n) is 20.6. The number of sulfonamides is 2. The first-order valence-electron chi connectivity index (χ1n) is 11.4. The summed E-state index contributed by atoms with van der Waals surface area (Å²) in [6.45, 7) is 5.21. The first-order chi connectivity index (χ1) is 17.0. The fourth-order valence-electron chi connectivity index (χ4n) is 3.50. The number of hydrogen-bond acceptors (Lipinski definition) is 5. The molecule has 0 radical (unpaired) electrons. The molecular weight excluding hydrogens is 498 g/mol. The van der Waals surface area contributed by atoms with Gasteiger partial charge < -0.3 is 5.32 Å². The van der Waals surface area contributed by atoms with Gasteiger partial charge in [-0.1, -0.05) is 65.2 Å². The molecule has 3 rings (SSSR count). The van der Waals surface area contributed by atoms with Crippen LogP contribution in [0.25, 0.3) is 0 Å². The van der Waals surface area contributed by atoms with Gasteiger partial charge in [-0.3, -0.25) is 4.79 Å². The molecule has 0 spiro atoms. The molecule has 0 aromatic heterocycles. The van der Waals surface area contributed by atoms with E-state index in [1.165, 1.54) is 24.3 Å². The summed E-state index contributed by atoms with van der Waals surface area (Å²) in [5.41, 5.74) is 3.59. The van der Waals surface area contributed by atoms with Gasteiger partial charge in [0.15, 0.2) is 0 Å². The Labute approximate surface area is 213 Å². The van der Waals surface area contributed by atoms with E-state index in [2.05, 4.69) is 10.0 Å². The van der Waals surface area contributed by atoms with Gasteiger partial charge in [0.25, 0.3) is 0 Å². The van der Waals surface area contributed by atoms with E-state index in [0.717, 1.165) is 26.6 Å². The second kappa shape index (κ2) is 11.8. The molecule has 3 aromatic rings. The molecule has 1 amide bonds. The quantitative estimate of drug-likeness (QED) is 0.371. The Morgan fingerprint density at radius 2 is 1.33 bits per heavy atom. The van der Waals surface area contributed by atoms with E-state index in [0.29, 0.717) is 0 Å². The second-order valence-electron chi connectivity index (χ2n) is 8.64. The molecule has 0 atom stereocenters. The van der Waals surface area contributed by atoms with E-state index >= 15 is 0 Å². The van der Waals surface area contributed by atoms with Gasteiger partial charge in [-0.2, -0.15) is 4.31 Å². The summed E-state index contributed by atoms with van der Waals surface area (Å²) in [6.07, 6.45) is 0. The number of nitrogens with zero attached hydrogens (tertiary/aromatic N) is 1. The highest BCUT2D eigenvalue weighted by atomic mass is 32.2. The molecule has 0 aliphatic rings. The summed E-state index contributed by atoms with van der Waals surface area (Å²) < 4.78 is 55.1. The minimum atomic E-state index is -3.96. The smallest absolute Gasteiger partial charge is 0.243 e. The van der Waals surface area contributed by atoms with Crippen LogP contribution in [0.4, 0.5) is 0 Å². The van der Waals surface area contributed by atoms with E-state index in [1.54, 1.807) is 24.3 Å². The molecule has 0 heterocycles. The highest BCUT2D eigenvalue weighted by molar-refractivity contribution is 7.89. The van der Waals surface area contributed by atoms with Gasteiger partial charge in [0.1, 0.15) is 0 Å². The summed E-state index contributed by atoms with van der Waals surface area (Å²) in [4.78, 5) is 12.9. The van der Waals surface area contributed by atoms with Crippen molar-refractivity contribution in [1.82, 2.24) is 14.3 Å². The zero-order chi connectivity index (χ0) is 26.3. The number of carbonyl (C=O) groups excluding carboxylic acids is 1. The molecule has 0 unspecified atom stereocenters. The third-order valence-electron chi connectivity index (χ3n) is 5.49. The summed E-state index contributed by atoms with van der Waals surface area (Å²) in [5.74, 6) is -0.534. The standard InChI is InChI=1S/C26H31N3O5S2/c1-20-7-11-24(12-8-20)35(31,32)28-16-15-27-26(30)19-29(18-23-6-4-5-22(3)17-23)36(33,34)25-13-9-21(2)10-14-25/h4-14,17,28H,15-16,18-19H2,1-3H3,(H,27,30). The van der Waals surface area contributed by atoms with Gasteiger partial charge in [-0.15, -0.1) is 0 Å². The van der Waals surface area contributed by atoms with Crippen molar-refractivity contribution >= 4 is 26.0 Å². The molecule has 0 saturated carbocycles. The van der Waals surface area contributed by atoms with E-state index < -0.39 is 32.5 Å². The monoisotopic (exact) mass is 529 g/mol. The van der Waals surface area contributed by atoms with Crippen LogP contribution in [0.5, 0.6) is 0 Å². The average molecular weight is 530 g/mol. The maximum atomic E-state index is 13.4. The molecule has 3 aromatic carbocycles. The van der Waals surface area contributed by atoms with Crippen molar-refractivity contribution in [2.75, 3.05) is 19.6 Å². The highest BCUT2D eigenvalue weighted by Crippen LogP contribution is 2.19. The topological polar surface area (TPSA) is 113 Å². The number of nitrogens with one attached hydrogen (secondary N) is 2. The maximum Gasteiger partial charge on any atom is 0.243 e. The van der Waals surface area contributed by atoms with E-state index in [9.17, 15) is 21.6 Å². The van der Waals surface area contributed by atoms with Crippen LogP contribution in [-0.4, -0.2) is 46.7 Å². The van der Waals surface area contributed by atoms with Crippen LogP contribution in [0.15, 0.2) is 82.6 Å². The van der Waals surface area contributed by atoms with Gasteiger partial charge in [-0.25, -0.2) is 21.6 Å². The van der Waals surface area contributed by atoms with Crippen LogP contribution < -0.4 is 10.0 Å². The fourth-order valence-corrected chi connectivity index (χ4v) is 5.92. The van der Waals surface area contributed by atoms with Crippen molar-refractivity contribution in [1.29, 1.82) is 0 Å². The molecule has 0 saturated heterocycles. The van der Waals surface area contributed by atoms with Crippen LogP contribution in [0.3, 0.4) is 0 Å². The van der Waals surface area contributed by atoms with Crippen molar-refractivity contribution in [2.45, 2.75) is 37.1 Å². The molecule has 2 N–H and O–H groups in total. The Morgan fingerprint density at radius 3 is 1.92 bits per heavy atom. The number of aryl methyl sites for hydroxylation is 3. The Morgan fingerprint density at radius 1 is 0.750 bits per heavy atom. The predicted molar refractivity (Wildman–Crippen MR) is 139 cm³/mol. The van der Waals surface area contributed by atoms with Crippen molar-refractivity contribution < 1.29 is 21.6 Å². The van der Waals surface area contributed by atoms with Crippen molar-refractivity contribution in [3.8, 4) is 0 Å². The minimum absolute atomic E-state index is 0.00674. The van der Waals surface area contributed by atoms with Gasteiger partial charge >= 0.3 is 0 Å². The lowest BCUT2D eigenvalue weighted by Gasteiger charge is -2.22. The predicted octanol–water partition coefficient (Wildman–Crippen LogP) is 2.90. The van der Waals surface area contributed by atoms with Crippen molar-refractivity contribution in [3.63, 3.8) is 0 Å². The Bertz CT molecular complexity index is 1400. The minimum Gasteiger partial charge on any atom is -0.354 e. The molecule has 10 heteroatoms. The van der Waals surface area contributed by atoms with E-state index in [4.69, 9.17) is 0 Å². The van der Waals surface area contributed by atoms with Gasteiger partial charge in [0, 0.05) is 19.6 Å². The Kier molecular flexibility index (Phi) is 9.02. The molecule has 0 bridgehead atoms. The molecule has 0 fully saturated rings. The Hall–Kier alpha value is -3.05. The summed E-state index contributed by atoms with van der Waals surface area (Å²) in [5, 5.41) is 2.60. The zero-order valence-corrected chi connectivity index (χ0v) is 22.2. The van der Waals surface area contributed by atoms with Crippen LogP contribution in [0, 0.1) is 20.8 Å². The molecular formula is C26H31N3O5S2. The second-order valence-corrected chi connectivity index (χ2v) is 12.3. The Balaban J connectivity index is 1.66. The van der Waals surface area contributed by atoms with Crippen LogP contribution in [0.2, 0.25) is 0 Å². The first kappa shape index (κ1) is 27.5. The van der Waals surface area contributed by atoms with Crippen molar-refractivity contribution in [3.05, 3.63) is 95.1 Å². The molecule has 8 nitrogen and oxygen atoms in total. The summed E-state index contributed by atoms with van der Waals surface area (Å²) in [6, 6.07) is 20.3. The van der Waals surface area contributed by atoms with E-state index in [1.807, 2.05) is 45.0 Å². The van der Waals surface area contributed by atoms with Crippen LogP contribution in [0.1, 0.15) is 22.3 Å². The fraction of sp³-hybridized carbons (Fsp3) is 0.269. The third kappa shape index (κ3) is 7.47. The normalized spacial score (nSPS) is 12.0. The molecule has 192 valence electrons. The van der Waals surface area contributed by atoms with Gasteiger partial charge in [0.2, 0.25) is 26.0 Å². The van der Waals surface area contributed by atoms with Crippen LogP contribution in [-0.2, 0) is 31.4 Å². The number of rotatable bonds is 11. The van der Waals surface area contributed by atoms with E-state index in [-0.39, 0.29) is 29.4 Å². The number of amides is 1. The lowest BCUT2D eigenvalue weighted by molar-refractivity contribution is -0.121. The van der Waals surface area contributed by atoms with Gasteiger partial charge in [-0.05, 0) is 50.6 Å². The van der Waals surface area contributed by atoms with Crippen molar-refractivity contribution in [2.24, 2.45) is 0 Å². The lowest BCUT2D eigenvalue weighted by Crippen LogP contribution is -2.42. The molecule has 36 heavy (non-hydrogen) atoms. The first-order valence-corrected chi connectivity index (χ1v) is 14.3. The number of benzene rings is 3. The SMILES string of the molecule is Cc1ccc(S(=O)(=O)NCCNC(=O)CN(Cc2cccc(C)c2)S(=O)(=O)c2ccc(C)cc2)cc1. The summed E-state index contributed by atoms with van der Waals surface area (Å²) >= 11 is 0. The molecule has 0 aliphatic carbocycles. The number of carbonyl (C=O) groups is 1. The molecule has 0 aliphatic heterocycles. The van der Waals surface area contributed by atoms with Crippen LogP contribution >= 0.6 is 0 Å². The summed E-state index contributed by atoms with van der Waals surface area (Å²) in [7, 11) is -7.67. The average Bonchev–Trinajstić information content (AvgIpc) is 2.82.